The normalized spacial score (nSPS) is 10.7. The van der Waals surface area contributed by atoms with Crippen LogP contribution in [0.5, 0.6) is 0 Å². The molecule has 0 saturated carbocycles. The maximum Gasteiger partial charge on any atom is 0.292 e. The van der Waals surface area contributed by atoms with Gasteiger partial charge in [-0.15, -0.1) is 0 Å². The Hall–Kier alpha value is -3.57. The third kappa shape index (κ3) is 4.47. The highest BCUT2D eigenvalue weighted by molar-refractivity contribution is 9.10. The summed E-state index contributed by atoms with van der Waals surface area (Å²) in [6, 6.07) is 16.3. The van der Waals surface area contributed by atoms with Gasteiger partial charge in [-0.1, -0.05) is 45.8 Å². The molecule has 1 amide bonds. The molecule has 29 heavy (non-hydrogen) atoms. The summed E-state index contributed by atoms with van der Waals surface area (Å²) in [6.45, 7) is 3.43. The van der Waals surface area contributed by atoms with Crippen molar-refractivity contribution in [3.8, 4) is 11.8 Å². The molecule has 1 heterocycles. The monoisotopic (exact) mass is 449 g/mol. The Morgan fingerprint density at radius 1 is 1.17 bits per heavy atom. The number of halogens is 1. The van der Waals surface area contributed by atoms with Crippen molar-refractivity contribution in [1.82, 2.24) is 15.2 Å². The fourth-order valence-corrected chi connectivity index (χ4v) is 2.85. The lowest BCUT2D eigenvalue weighted by Crippen LogP contribution is -2.31. The van der Waals surface area contributed by atoms with Crippen molar-refractivity contribution in [3.05, 3.63) is 91.3 Å². The lowest BCUT2D eigenvalue weighted by atomic mass is 10.1. The number of hydrogen-bond donors (Lipinski definition) is 1. The molecular weight excluding hydrogens is 434 g/mol. The Labute approximate surface area is 175 Å². The van der Waals surface area contributed by atoms with E-state index < -0.39 is 11.5 Å². The van der Waals surface area contributed by atoms with Gasteiger partial charge in [0.2, 0.25) is 0 Å². The van der Waals surface area contributed by atoms with E-state index in [1.54, 1.807) is 12.1 Å². The summed E-state index contributed by atoms with van der Waals surface area (Å²) in [5, 5.41) is 17.5. The van der Waals surface area contributed by atoms with E-state index in [1.165, 1.54) is 13.1 Å². The molecule has 0 atom stereocenters. The minimum absolute atomic E-state index is 0.0466. The summed E-state index contributed by atoms with van der Waals surface area (Å²) in [5.41, 5.74) is 4.10. The molecule has 3 rings (SSSR count). The number of nitrogens with zero attached hydrogens (tertiary/aromatic N) is 4. The molecule has 0 saturated heterocycles. The van der Waals surface area contributed by atoms with Crippen LogP contribution in [-0.4, -0.2) is 21.9 Å². The molecule has 0 spiro atoms. The SMILES string of the molecule is Cc1ccc(-n2nc(C(=O)N/N=C/c3ccc(Br)cc3)c(C)c(C#N)c2=O)cc1. The van der Waals surface area contributed by atoms with Gasteiger partial charge in [0, 0.05) is 10.0 Å². The second-order valence-corrected chi connectivity index (χ2v) is 7.18. The van der Waals surface area contributed by atoms with E-state index in [-0.39, 0.29) is 16.8 Å². The van der Waals surface area contributed by atoms with Gasteiger partial charge in [0.25, 0.3) is 11.5 Å². The van der Waals surface area contributed by atoms with E-state index in [0.29, 0.717) is 5.69 Å². The molecule has 7 nitrogen and oxygen atoms in total. The largest absolute Gasteiger partial charge is 0.292 e. The average Bonchev–Trinajstić information content (AvgIpc) is 2.71. The number of amides is 1. The summed E-state index contributed by atoms with van der Waals surface area (Å²) in [4.78, 5) is 25.2. The Kier molecular flexibility index (Phi) is 6.00. The van der Waals surface area contributed by atoms with Gasteiger partial charge in [-0.2, -0.15) is 20.1 Å². The molecule has 0 radical (unpaired) electrons. The second-order valence-electron chi connectivity index (χ2n) is 6.26. The highest BCUT2D eigenvalue weighted by atomic mass is 79.9. The number of nitriles is 1. The van der Waals surface area contributed by atoms with Gasteiger partial charge in [-0.05, 0) is 43.7 Å². The van der Waals surface area contributed by atoms with Crippen LogP contribution >= 0.6 is 15.9 Å². The number of hydrazone groups is 1. The smallest absolute Gasteiger partial charge is 0.266 e. The third-order valence-electron chi connectivity index (χ3n) is 4.19. The van der Waals surface area contributed by atoms with E-state index in [1.807, 2.05) is 49.4 Å². The van der Waals surface area contributed by atoms with Crippen LogP contribution in [0, 0.1) is 25.2 Å². The zero-order valence-corrected chi connectivity index (χ0v) is 17.3. The van der Waals surface area contributed by atoms with Crippen molar-refractivity contribution in [1.29, 1.82) is 5.26 Å². The first-order valence-electron chi connectivity index (χ1n) is 8.60. The first-order chi connectivity index (χ1) is 13.9. The van der Waals surface area contributed by atoms with Gasteiger partial charge >= 0.3 is 0 Å². The number of nitrogens with one attached hydrogen (secondary N) is 1. The van der Waals surface area contributed by atoms with Gasteiger partial charge in [0.15, 0.2) is 5.69 Å². The van der Waals surface area contributed by atoms with Crippen LogP contribution in [0.3, 0.4) is 0 Å². The molecular formula is C21H16BrN5O2. The Bertz CT molecular complexity index is 1190. The fourth-order valence-electron chi connectivity index (χ4n) is 2.58. The van der Waals surface area contributed by atoms with Gasteiger partial charge in [-0.3, -0.25) is 9.59 Å². The van der Waals surface area contributed by atoms with Crippen molar-refractivity contribution in [2.45, 2.75) is 13.8 Å². The maximum atomic E-state index is 12.6. The van der Waals surface area contributed by atoms with Gasteiger partial charge in [0.1, 0.15) is 11.6 Å². The number of rotatable bonds is 4. The Morgan fingerprint density at radius 2 is 1.83 bits per heavy atom. The molecule has 3 aromatic rings. The molecule has 1 aromatic heterocycles. The predicted molar refractivity (Wildman–Crippen MR) is 113 cm³/mol. The van der Waals surface area contributed by atoms with Crippen molar-refractivity contribution in [3.63, 3.8) is 0 Å². The highest BCUT2D eigenvalue weighted by Crippen LogP contribution is 2.12. The number of carbonyl (C=O) groups excluding carboxylic acids is 1. The van der Waals surface area contributed by atoms with Crippen LogP contribution in [0.1, 0.15) is 32.7 Å². The van der Waals surface area contributed by atoms with Crippen LogP contribution in [0.2, 0.25) is 0 Å². The van der Waals surface area contributed by atoms with Crippen molar-refractivity contribution >= 4 is 28.1 Å². The number of benzene rings is 2. The molecule has 2 aromatic carbocycles. The second kappa shape index (κ2) is 8.63. The van der Waals surface area contributed by atoms with E-state index in [9.17, 15) is 14.9 Å². The molecule has 8 heteroatoms. The van der Waals surface area contributed by atoms with Crippen LogP contribution in [0.15, 0.2) is 62.9 Å². The Balaban J connectivity index is 1.95. The quantitative estimate of drug-likeness (QED) is 0.487. The molecule has 144 valence electrons. The zero-order chi connectivity index (χ0) is 21.0. The summed E-state index contributed by atoms with van der Waals surface area (Å²) < 4.78 is 1.99. The van der Waals surface area contributed by atoms with Gasteiger partial charge < -0.3 is 0 Å². The maximum absolute atomic E-state index is 12.6. The molecule has 0 aliphatic carbocycles. The van der Waals surface area contributed by atoms with Crippen LogP contribution in [-0.2, 0) is 0 Å². The number of carbonyl (C=O) groups is 1. The van der Waals surface area contributed by atoms with Crippen LogP contribution in [0.4, 0.5) is 0 Å². The van der Waals surface area contributed by atoms with Gasteiger partial charge in [0.05, 0.1) is 11.9 Å². The van der Waals surface area contributed by atoms with Gasteiger partial charge in [-0.25, -0.2) is 5.43 Å². The summed E-state index contributed by atoms with van der Waals surface area (Å²) in [7, 11) is 0. The van der Waals surface area contributed by atoms with E-state index in [2.05, 4.69) is 31.6 Å². The standard InChI is InChI=1S/C21H16BrN5O2/c1-13-3-9-17(10-4-13)27-21(29)18(11-23)14(2)19(26-27)20(28)25-24-12-15-5-7-16(22)8-6-15/h3-10,12H,1-2H3,(H,25,28)/b24-12+. The zero-order valence-electron chi connectivity index (χ0n) is 15.7. The van der Waals surface area contributed by atoms with E-state index in [4.69, 9.17) is 0 Å². The molecule has 0 fully saturated rings. The summed E-state index contributed by atoms with van der Waals surface area (Å²) in [6.07, 6.45) is 1.49. The minimum atomic E-state index is -0.617. The molecule has 0 aliphatic heterocycles. The van der Waals surface area contributed by atoms with Crippen molar-refractivity contribution in [2.24, 2.45) is 5.10 Å². The number of aromatic nitrogens is 2. The summed E-state index contributed by atoms with van der Waals surface area (Å²) >= 11 is 3.35. The predicted octanol–water partition coefficient (Wildman–Crippen LogP) is 3.25. The van der Waals surface area contributed by atoms with Crippen molar-refractivity contribution in [2.75, 3.05) is 0 Å². The van der Waals surface area contributed by atoms with Crippen LogP contribution < -0.4 is 11.0 Å². The van der Waals surface area contributed by atoms with E-state index in [0.717, 1.165) is 20.3 Å². The topological polar surface area (TPSA) is 100 Å². The van der Waals surface area contributed by atoms with Crippen molar-refractivity contribution < 1.29 is 4.79 Å². The average molecular weight is 450 g/mol. The lowest BCUT2D eigenvalue weighted by molar-refractivity contribution is 0.0947. The van der Waals surface area contributed by atoms with Crippen LogP contribution in [0.25, 0.3) is 5.69 Å². The first-order valence-corrected chi connectivity index (χ1v) is 9.40. The molecule has 1 N–H and O–H groups in total. The molecule has 0 unspecified atom stereocenters. The third-order valence-corrected chi connectivity index (χ3v) is 4.72. The molecule has 0 bridgehead atoms. The summed E-state index contributed by atoms with van der Waals surface area (Å²) in [5.74, 6) is -0.617. The number of aryl methyl sites for hydroxylation is 1. The molecule has 0 aliphatic rings. The minimum Gasteiger partial charge on any atom is -0.266 e. The fraction of sp³-hybridized carbons (Fsp3) is 0.0952. The van der Waals surface area contributed by atoms with E-state index >= 15 is 0 Å². The first kappa shape index (κ1) is 20.2. The highest BCUT2D eigenvalue weighted by Gasteiger charge is 2.20. The lowest BCUT2D eigenvalue weighted by Gasteiger charge is -2.10. The number of hydrogen-bond acceptors (Lipinski definition) is 5. The Morgan fingerprint density at radius 3 is 2.45 bits per heavy atom.